The number of hydrogen-bond donors (Lipinski definition) is 0. The number of hydrogen-bond acceptors (Lipinski definition) is 5. The van der Waals surface area contributed by atoms with Crippen molar-refractivity contribution < 1.29 is 17.9 Å². The predicted molar refractivity (Wildman–Crippen MR) is 124 cm³/mol. The van der Waals surface area contributed by atoms with E-state index in [4.69, 9.17) is 4.74 Å². The summed E-state index contributed by atoms with van der Waals surface area (Å²) in [6, 6.07) is 13.4. The Balaban J connectivity index is 1.29. The molecular formula is C25H32N2O4S. The number of ether oxygens (including phenoxy) is 1. The van der Waals surface area contributed by atoms with Gasteiger partial charge in [-0.2, -0.15) is 4.31 Å². The molecule has 0 aliphatic carbocycles. The van der Waals surface area contributed by atoms with Crippen molar-refractivity contribution in [1.29, 1.82) is 0 Å². The van der Waals surface area contributed by atoms with Crippen LogP contribution in [-0.2, 0) is 19.6 Å². The van der Waals surface area contributed by atoms with Crippen molar-refractivity contribution in [3.05, 3.63) is 42.5 Å². The Kier molecular flexibility index (Phi) is 5.34. The third-order valence-corrected chi connectivity index (χ3v) is 9.44. The summed E-state index contributed by atoms with van der Waals surface area (Å²) in [5.41, 5.74) is -0.788. The summed E-state index contributed by atoms with van der Waals surface area (Å²) >= 11 is 0. The summed E-state index contributed by atoms with van der Waals surface area (Å²) in [6.45, 7) is 6.71. The Labute approximate surface area is 190 Å². The van der Waals surface area contributed by atoms with Crippen molar-refractivity contribution in [1.82, 2.24) is 9.21 Å². The average Bonchev–Trinajstić information content (AvgIpc) is 3.00. The highest BCUT2D eigenvalue weighted by Gasteiger charge is 2.54. The minimum Gasteiger partial charge on any atom is -0.459 e. The molecule has 32 heavy (non-hydrogen) atoms. The third kappa shape index (κ3) is 3.74. The van der Waals surface area contributed by atoms with E-state index < -0.39 is 21.0 Å². The molecule has 2 aromatic carbocycles. The Morgan fingerprint density at radius 2 is 1.72 bits per heavy atom. The summed E-state index contributed by atoms with van der Waals surface area (Å²) < 4.78 is 34.2. The van der Waals surface area contributed by atoms with Crippen LogP contribution in [0.3, 0.4) is 0 Å². The lowest BCUT2D eigenvalue weighted by molar-refractivity contribution is -0.154. The molecule has 3 aliphatic heterocycles. The molecule has 0 N–H and O–H groups in total. The second-order valence-corrected chi connectivity index (χ2v) is 12.2. The number of piperidine rings is 2. The SMILES string of the molecule is CC1(C)CC2(CCCN(C3CCN(S(=O)(=O)c4cccc5ccccc45)CC3)C2)C(=O)O1. The zero-order valence-electron chi connectivity index (χ0n) is 18.9. The summed E-state index contributed by atoms with van der Waals surface area (Å²) in [7, 11) is -3.55. The number of fused-ring (bicyclic) bond motifs is 1. The molecular weight excluding hydrogens is 424 g/mol. The molecule has 2 aromatic rings. The van der Waals surface area contributed by atoms with Crippen LogP contribution in [0.25, 0.3) is 10.8 Å². The molecule has 3 heterocycles. The van der Waals surface area contributed by atoms with Crippen LogP contribution in [0.4, 0.5) is 0 Å². The van der Waals surface area contributed by atoms with Crippen LogP contribution in [0.1, 0.15) is 46.0 Å². The fraction of sp³-hybridized carbons (Fsp3) is 0.560. The van der Waals surface area contributed by atoms with Crippen LogP contribution in [0.2, 0.25) is 0 Å². The highest BCUT2D eigenvalue weighted by atomic mass is 32.2. The largest absolute Gasteiger partial charge is 0.459 e. The standard InChI is InChI=1S/C25H32N2O4S/c1-24(2)17-25(23(28)31-24)13-6-14-26(18-25)20-11-15-27(16-12-20)32(29,30)22-10-5-8-19-7-3-4-9-21(19)22/h3-5,7-10,20H,6,11-18H2,1-2H3. The fourth-order valence-electron chi connectivity index (χ4n) is 6.08. The molecule has 172 valence electrons. The molecule has 5 rings (SSSR count). The molecule has 1 spiro atoms. The molecule has 3 saturated heterocycles. The molecule has 0 aromatic heterocycles. The maximum atomic E-state index is 13.5. The van der Waals surface area contributed by atoms with Gasteiger partial charge >= 0.3 is 5.97 Å². The van der Waals surface area contributed by atoms with Crippen LogP contribution < -0.4 is 0 Å². The molecule has 3 aliphatic rings. The molecule has 1 unspecified atom stereocenters. The lowest BCUT2D eigenvalue weighted by Gasteiger charge is -2.44. The van der Waals surface area contributed by atoms with Crippen molar-refractivity contribution in [2.24, 2.45) is 5.41 Å². The number of esters is 1. The number of nitrogens with zero attached hydrogens (tertiary/aromatic N) is 2. The minimum atomic E-state index is -3.55. The first-order chi connectivity index (χ1) is 15.2. The maximum absolute atomic E-state index is 13.5. The van der Waals surface area contributed by atoms with Gasteiger partial charge in [-0.3, -0.25) is 9.69 Å². The number of carbonyl (C=O) groups is 1. The lowest BCUT2D eigenvalue weighted by atomic mass is 9.74. The van der Waals surface area contributed by atoms with Gasteiger partial charge in [0.2, 0.25) is 10.0 Å². The lowest BCUT2D eigenvalue weighted by Crippen LogP contribution is -2.53. The van der Waals surface area contributed by atoms with Crippen molar-refractivity contribution in [3.63, 3.8) is 0 Å². The van der Waals surface area contributed by atoms with Gasteiger partial charge in [-0.15, -0.1) is 0 Å². The van der Waals surface area contributed by atoms with Crippen molar-refractivity contribution >= 4 is 26.8 Å². The topological polar surface area (TPSA) is 66.9 Å². The first-order valence-corrected chi connectivity index (χ1v) is 13.1. The number of likely N-dealkylation sites (tertiary alicyclic amines) is 1. The van der Waals surface area contributed by atoms with Gasteiger partial charge in [0.25, 0.3) is 0 Å². The normalized spacial score (nSPS) is 27.8. The first kappa shape index (κ1) is 21.9. The molecule has 0 bridgehead atoms. The summed E-state index contributed by atoms with van der Waals surface area (Å²) in [5.74, 6) is -0.0526. The van der Waals surface area contributed by atoms with E-state index in [1.165, 1.54) is 0 Å². The zero-order chi connectivity index (χ0) is 22.6. The minimum absolute atomic E-state index is 0.0526. The van der Waals surface area contributed by atoms with Gasteiger partial charge in [0, 0.05) is 37.5 Å². The van der Waals surface area contributed by atoms with Crippen LogP contribution in [0.15, 0.2) is 47.4 Å². The third-order valence-electron chi connectivity index (χ3n) is 7.48. The van der Waals surface area contributed by atoms with Gasteiger partial charge < -0.3 is 4.74 Å². The van der Waals surface area contributed by atoms with E-state index in [0.29, 0.717) is 24.0 Å². The molecule has 7 heteroatoms. The quantitative estimate of drug-likeness (QED) is 0.658. The van der Waals surface area contributed by atoms with E-state index in [1.54, 1.807) is 10.4 Å². The van der Waals surface area contributed by atoms with Crippen molar-refractivity contribution in [2.45, 2.75) is 62.5 Å². The monoisotopic (exact) mass is 456 g/mol. The zero-order valence-corrected chi connectivity index (χ0v) is 19.7. The van der Waals surface area contributed by atoms with Gasteiger partial charge in [0.1, 0.15) is 5.60 Å². The highest BCUT2D eigenvalue weighted by Crippen LogP contribution is 2.46. The molecule has 6 nitrogen and oxygen atoms in total. The maximum Gasteiger partial charge on any atom is 0.314 e. The fourth-order valence-corrected chi connectivity index (χ4v) is 7.76. The Hall–Kier alpha value is -1.96. The van der Waals surface area contributed by atoms with Gasteiger partial charge in [0.05, 0.1) is 10.3 Å². The molecule has 0 amide bonds. The van der Waals surface area contributed by atoms with Gasteiger partial charge in [-0.25, -0.2) is 8.42 Å². The average molecular weight is 457 g/mol. The van der Waals surface area contributed by atoms with Gasteiger partial charge in [0.15, 0.2) is 0 Å². The number of carbonyl (C=O) groups excluding carboxylic acids is 1. The van der Waals surface area contributed by atoms with Crippen molar-refractivity contribution in [2.75, 3.05) is 26.2 Å². The van der Waals surface area contributed by atoms with E-state index in [9.17, 15) is 13.2 Å². The summed E-state index contributed by atoms with van der Waals surface area (Å²) in [6.07, 6.45) is 4.22. The molecule has 1 atom stereocenters. The van der Waals surface area contributed by atoms with Gasteiger partial charge in [-0.05, 0) is 57.5 Å². The highest BCUT2D eigenvalue weighted by molar-refractivity contribution is 7.89. The Bertz CT molecular complexity index is 1130. The van der Waals surface area contributed by atoms with Crippen LogP contribution >= 0.6 is 0 Å². The molecule has 3 fully saturated rings. The first-order valence-electron chi connectivity index (χ1n) is 11.7. The second kappa shape index (κ2) is 7.82. The predicted octanol–water partition coefficient (Wildman–Crippen LogP) is 3.80. The number of sulfonamides is 1. The summed E-state index contributed by atoms with van der Waals surface area (Å²) in [5, 5.41) is 1.71. The smallest absolute Gasteiger partial charge is 0.314 e. The van der Waals surface area contributed by atoms with Crippen molar-refractivity contribution in [3.8, 4) is 0 Å². The number of cyclic esters (lactones) is 1. The number of rotatable bonds is 3. The van der Waals surface area contributed by atoms with Crippen LogP contribution in [0.5, 0.6) is 0 Å². The van der Waals surface area contributed by atoms with Gasteiger partial charge in [-0.1, -0.05) is 36.4 Å². The van der Waals surface area contributed by atoms with E-state index in [0.717, 1.165) is 56.0 Å². The van der Waals surface area contributed by atoms with E-state index in [2.05, 4.69) is 4.90 Å². The molecule has 0 radical (unpaired) electrons. The van der Waals surface area contributed by atoms with E-state index >= 15 is 0 Å². The van der Waals surface area contributed by atoms with E-state index in [1.807, 2.05) is 50.2 Å². The van der Waals surface area contributed by atoms with Crippen LogP contribution in [-0.4, -0.2) is 61.4 Å². The van der Waals surface area contributed by atoms with Crippen LogP contribution in [0, 0.1) is 5.41 Å². The van der Waals surface area contributed by atoms with E-state index in [-0.39, 0.29) is 5.97 Å². The second-order valence-electron chi connectivity index (χ2n) is 10.3. The number of benzene rings is 2. The Morgan fingerprint density at radius 3 is 2.44 bits per heavy atom. The Morgan fingerprint density at radius 1 is 1.00 bits per heavy atom. The summed E-state index contributed by atoms with van der Waals surface area (Å²) in [4.78, 5) is 15.5. The molecule has 0 saturated carbocycles.